The van der Waals surface area contributed by atoms with Crippen LogP contribution in [0.4, 0.5) is 0 Å². The molecule has 1 heteroatoms. The summed E-state index contributed by atoms with van der Waals surface area (Å²) in [7, 11) is 0. The van der Waals surface area contributed by atoms with Crippen LogP contribution in [-0.4, -0.2) is 6.10 Å². The summed E-state index contributed by atoms with van der Waals surface area (Å²) in [5.41, 5.74) is 0.437. The third-order valence-corrected chi connectivity index (χ3v) is 1.79. The first kappa shape index (κ1) is 11.0. The second-order valence-corrected chi connectivity index (χ2v) is 4.62. The average molecular weight is 157 g/mol. The Morgan fingerprint density at radius 3 is 2.09 bits per heavy atom. The Balaban J connectivity index is 3.15. The lowest BCUT2D eigenvalue weighted by molar-refractivity contribution is 0.0942. The van der Waals surface area contributed by atoms with Crippen molar-refractivity contribution >= 4 is 0 Å². The molecule has 0 aliphatic carbocycles. The Morgan fingerprint density at radius 1 is 1.18 bits per heavy atom. The van der Waals surface area contributed by atoms with Crippen molar-refractivity contribution in [1.29, 1.82) is 0 Å². The third kappa shape index (κ3) is 9.96. The molecule has 0 aliphatic rings. The lowest BCUT2D eigenvalue weighted by Crippen LogP contribution is -2.05. The molecule has 1 nitrogen and oxygen atoms in total. The van der Waals surface area contributed by atoms with Gasteiger partial charge in [-0.15, -0.1) is 0 Å². The molecular weight excluding hydrogens is 136 g/mol. The summed E-state index contributed by atoms with van der Waals surface area (Å²) in [6, 6.07) is 0. The normalized spacial score (nSPS) is 15.0. The first-order valence-electron chi connectivity index (χ1n) is 4.57. The fourth-order valence-electron chi connectivity index (χ4n) is 1.09. The summed E-state index contributed by atoms with van der Waals surface area (Å²) in [4.78, 5) is 0. The van der Waals surface area contributed by atoms with Crippen LogP contribution in [0.5, 0.6) is 0 Å². The summed E-state index contributed by atoms with van der Waals surface area (Å²) in [6.45, 7) is 8.48. The van der Waals surface area contributed by atoms with Gasteiger partial charge >= 0.3 is 0 Å². The molecule has 0 aromatic heterocycles. The number of rotatable bonds is 4. The van der Waals surface area contributed by atoms with Crippen LogP contribution in [0.15, 0.2) is 0 Å². The van der Waals surface area contributed by atoms with Gasteiger partial charge in [0.2, 0.25) is 0 Å². The second-order valence-electron chi connectivity index (χ2n) is 4.62. The molecular formula is C10H21O. The van der Waals surface area contributed by atoms with E-state index >= 15 is 0 Å². The second kappa shape index (κ2) is 4.76. The fourth-order valence-corrected chi connectivity index (χ4v) is 1.09. The van der Waals surface area contributed by atoms with E-state index in [1.165, 1.54) is 12.8 Å². The summed E-state index contributed by atoms with van der Waals surface area (Å²) in [5, 5.41) is 10.7. The molecule has 0 spiro atoms. The van der Waals surface area contributed by atoms with E-state index in [-0.39, 0.29) is 6.10 Å². The highest BCUT2D eigenvalue weighted by Gasteiger charge is 2.09. The molecule has 1 unspecified atom stereocenters. The maximum Gasteiger partial charge on any atom is 0.0902 e. The van der Waals surface area contributed by atoms with Crippen molar-refractivity contribution in [1.82, 2.24) is 0 Å². The zero-order chi connectivity index (χ0) is 8.91. The largest absolute Gasteiger partial charge is 0.233 e. The van der Waals surface area contributed by atoms with E-state index in [4.69, 9.17) is 0 Å². The SMILES string of the molecule is CC([O])CCCCC(C)(C)C. The van der Waals surface area contributed by atoms with Gasteiger partial charge < -0.3 is 0 Å². The zero-order valence-electron chi connectivity index (χ0n) is 8.31. The van der Waals surface area contributed by atoms with Gasteiger partial charge in [0.15, 0.2) is 0 Å². The van der Waals surface area contributed by atoms with Gasteiger partial charge in [-0.3, -0.25) is 0 Å². The van der Waals surface area contributed by atoms with Crippen LogP contribution in [0.1, 0.15) is 53.4 Å². The predicted octanol–water partition coefficient (Wildman–Crippen LogP) is 3.41. The molecule has 0 amide bonds. The smallest absolute Gasteiger partial charge is 0.0902 e. The van der Waals surface area contributed by atoms with E-state index in [1.807, 2.05) is 0 Å². The highest BCUT2D eigenvalue weighted by atomic mass is 16.3. The molecule has 67 valence electrons. The van der Waals surface area contributed by atoms with Crippen LogP contribution in [-0.2, 0) is 5.11 Å². The Kier molecular flexibility index (Phi) is 4.74. The van der Waals surface area contributed by atoms with Crippen LogP contribution in [0.3, 0.4) is 0 Å². The molecule has 0 rings (SSSR count). The monoisotopic (exact) mass is 157 g/mol. The van der Waals surface area contributed by atoms with Crippen LogP contribution in [0, 0.1) is 5.41 Å². The molecule has 0 bridgehead atoms. The maximum absolute atomic E-state index is 10.7. The van der Waals surface area contributed by atoms with Crippen molar-refractivity contribution in [2.75, 3.05) is 0 Å². The van der Waals surface area contributed by atoms with Gasteiger partial charge in [0.05, 0.1) is 6.10 Å². The molecule has 0 saturated carbocycles. The van der Waals surface area contributed by atoms with Gasteiger partial charge in [-0.25, -0.2) is 5.11 Å². The molecule has 0 aliphatic heterocycles. The minimum Gasteiger partial charge on any atom is -0.233 e. The number of unbranched alkanes of at least 4 members (excludes halogenated alkanes) is 1. The topological polar surface area (TPSA) is 19.9 Å². The van der Waals surface area contributed by atoms with E-state index in [1.54, 1.807) is 6.92 Å². The highest BCUT2D eigenvalue weighted by Crippen LogP contribution is 2.22. The van der Waals surface area contributed by atoms with Gasteiger partial charge in [0, 0.05) is 0 Å². The maximum atomic E-state index is 10.7. The molecule has 0 fully saturated rings. The summed E-state index contributed by atoms with van der Waals surface area (Å²) in [6.07, 6.45) is 4.02. The van der Waals surface area contributed by atoms with E-state index < -0.39 is 0 Å². The lowest BCUT2D eigenvalue weighted by Gasteiger charge is -2.17. The summed E-state index contributed by atoms with van der Waals surface area (Å²) >= 11 is 0. The Hall–Kier alpha value is -0.0400. The van der Waals surface area contributed by atoms with Gasteiger partial charge in [-0.1, -0.05) is 33.6 Å². The standard InChI is InChI=1S/C10H21O/c1-9(11)7-5-6-8-10(2,3)4/h9H,5-8H2,1-4H3. The first-order chi connectivity index (χ1) is 4.92. The van der Waals surface area contributed by atoms with Crippen molar-refractivity contribution in [3.05, 3.63) is 0 Å². The van der Waals surface area contributed by atoms with Crippen LogP contribution in [0.25, 0.3) is 0 Å². The molecule has 0 aromatic rings. The lowest BCUT2D eigenvalue weighted by atomic mass is 9.89. The predicted molar refractivity (Wildman–Crippen MR) is 48.1 cm³/mol. The van der Waals surface area contributed by atoms with Crippen LogP contribution in [0.2, 0.25) is 0 Å². The first-order valence-corrected chi connectivity index (χ1v) is 4.57. The minimum atomic E-state index is -0.366. The Morgan fingerprint density at radius 2 is 1.73 bits per heavy atom. The van der Waals surface area contributed by atoms with Gasteiger partial charge in [-0.05, 0) is 25.2 Å². The van der Waals surface area contributed by atoms with Crippen LogP contribution < -0.4 is 0 Å². The van der Waals surface area contributed by atoms with Crippen molar-refractivity contribution in [2.24, 2.45) is 5.41 Å². The Bertz CT molecular complexity index is 89.5. The number of hydrogen-bond acceptors (Lipinski definition) is 0. The Labute approximate surface area is 70.8 Å². The molecule has 0 N–H and O–H groups in total. The summed E-state index contributed by atoms with van der Waals surface area (Å²) < 4.78 is 0. The van der Waals surface area contributed by atoms with Gasteiger partial charge in [-0.2, -0.15) is 0 Å². The van der Waals surface area contributed by atoms with Crippen molar-refractivity contribution in [3.63, 3.8) is 0 Å². The quantitative estimate of drug-likeness (QED) is 0.557. The highest BCUT2D eigenvalue weighted by molar-refractivity contribution is 4.61. The molecule has 11 heavy (non-hydrogen) atoms. The van der Waals surface area contributed by atoms with E-state index in [0.717, 1.165) is 12.8 Å². The van der Waals surface area contributed by atoms with Crippen molar-refractivity contribution in [3.8, 4) is 0 Å². The molecule has 1 atom stereocenters. The van der Waals surface area contributed by atoms with Crippen molar-refractivity contribution in [2.45, 2.75) is 59.5 Å². The minimum absolute atomic E-state index is 0.366. The third-order valence-electron chi connectivity index (χ3n) is 1.79. The number of hydrogen-bond donors (Lipinski definition) is 0. The zero-order valence-corrected chi connectivity index (χ0v) is 8.31. The molecule has 0 aromatic carbocycles. The molecule has 0 saturated heterocycles. The average Bonchev–Trinajstić information content (AvgIpc) is 1.78. The van der Waals surface area contributed by atoms with Gasteiger partial charge in [0.25, 0.3) is 0 Å². The van der Waals surface area contributed by atoms with Crippen LogP contribution >= 0.6 is 0 Å². The van der Waals surface area contributed by atoms with E-state index in [2.05, 4.69) is 20.8 Å². The summed E-state index contributed by atoms with van der Waals surface area (Å²) in [5.74, 6) is 0. The fraction of sp³-hybridized carbons (Fsp3) is 1.00. The van der Waals surface area contributed by atoms with E-state index in [0.29, 0.717) is 5.41 Å². The van der Waals surface area contributed by atoms with E-state index in [9.17, 15) is 5.11 Å². The molecule has 0 heterocycles. The molecule has 1 radical (unpaired) electrons. The van der Waals surface area contributed by atoms with Crippen molar-refractivity contribution < 1.29 is 5.11 Å². The van der Waals surface area contributed by atoms with Gasteiger partial charge in [0.1, 0.15) is 0 Å².